The first-order chi connectivity index (χ1) is 6.25. The van der Waals surface area contributed by atoms with E-state index < -0.39 is 0 Å². The van der Waals surface area contributed by atoms with Crippen molar-refractivity contribution in [3.05, 3.63) is 29.3 Å². The number of hydrogen-bond acceptors (Lipinski definition) is 1. The molecule has 0 fully saturated rings. The predicted molar refractivity (Wildman–Crippen MR) is 55.0 cm³/mol. The lowest BCUT2D eigenvalue weighted by Gasteiger charge is -2.10. The molecule has 1 aromatic carbocycles. The predicted octanol–water partition coefficient (Wildman–Crippen LogP) is 3.07. The minimum absolute atomic E-state index is 0.252. The average molecular weight is 181 g/mol. The lowest BCUT2D eigenvalue weighted by atomic mass is 10.1. The quantitative estimate of drug-likeness (QED) is 0.704. The van der Waals surface area contributed by atoms with Crippen LogP contribution in [0.5, 0.6) is 0 Å². The van der Waals surface area contributed by atoms with Gasteiger partial charge in [0.1, 0.15) is 0 Å². The molecule has 0 aliphatic rings. The molecule has 0 saturated heterocycles. The molecule has 0 bridgehead atoms. The summed E-state index contributed by atoms with van der Waals surface area (Å²) in [5, 5.41) is 3.21. The fraction of sp³-hybridized carbons (Fsp3) is 0.455. The van der Waals surface area contributed by atoms with Crippen molar-refractivity contribution in [2.24, 2.45) is 0 Å². The summed E-state index contributed by atoms with van der Waals surface area (Å²) < 4.78 is 11.8. The number of rotatable bonds is 4. The maximum atomic E-state index is 11.8. The molecule has 0 aliphatic heterocycles. The van der Waals surface area contributed by atoms with Crippen LogP contribution in [0.3, 0.4) is 0 Å². The first-order valence-electron chi connectivity index (χ1n) is 4.61. The molecule has 72 valence electrons. The number of benzene rings is 1. The molecule has 0 heterocycles. The van der Waals surface area contributed by atoms with Crippen LogP contribution < -0.4 is 5.32 Å². The van der Waals surface area contributed by atoms with E-state index in [0.717, 1.165) is 5.69 Å². The number of halogens is 1. The van der Waals surface area contributed by atoms with E-state index >= 15 is 0 Å². The van der Waals surface area contributed by atoms with Gasteiger partial charge in [-0.2, -0.15) is 0 Å². The molecule has 0 spiro atoms. The van der Waals surface area contributed by atoms with Gasteiger partial charge >= 0.3 is 0 Å². The van der Waals surface area contributed by atoms with Crippen molar-refractivity contribution in [3.8, 4) is 0 Å². The summed E-state index contributed by atoms with van der Waals surface area (Å²) >= 11 is 0. The zero-order valence-corrected chi connectivity index (χ0v) is 8.23. The zero-order chi connectivity index (χ0) is 9.68. The highest BCUT2D eigenvalue weighted by molar-refractivity contribution is 5.53. The van der Waals surface area contributed by atoms with Crippen molar-refractivity contribution < 1.29 is 4.39 Å². The number of nitrogens with one attached hydrogen (secondary N) is 1. The van der Waals surface area contributed by atoms with Crippen LogP contribution in [0.15, 0.2) is 18.2 Å². The number of aryl methyl sites for hydroxylation is 1. The van der Waals surface area contributed by atoms with Gasteiger partial charge in [0.05, 0.1) is 6.67 Å². The van der Waals surface area contributed by atoms with E-state index in [0.29, 0.717) is 13.0 Å². The van der Waals surface area contributed by atoms with Gasteiger partial charge in [-0.25, -0.2) is 0 Å². The third kappa shape index (κ3) is 2.72. The highest BCUT2D eigenvalue weighted by Gasteiger charge is 1.98. The summed E-state index contributed by atoms with van der Waals surface area (Å²) in [5.41, 5.74) is 3.64. The van der Waals surface area contributed by atoms with Gasteiger partial charge in [-0.1, -0.05) is 12.1 Å². The second kappa shape index (κ2) is 4.85. The minimum atomic E-state index is -0.252. The molecule has 0 radical (unpaired) electrons. The third-order valence-corrected chi connectivity index (χ3v) is 2.23. The lowest BCUT2D eigenvalue weighted by molar-refractivity contribution is 0.481. The molecule has 1 rings (SSSR count). The maximum absolute atomic E-state index is 11.8. The van der Waals surface area contributed by atoms with E-state index in [2.05, 4.69) is 25.2 Å². The van der Waals surface area contributed by atoms with Gasteiger partial charge in [0, 0.05) is 12.2 Å². The van der Waals surface area contributed by atoms with Crippen LogP contribution in [0.25, 0.3) is 0 Å². The second-order valence-corrected chi connectivity index (χ2v) is 3.22. The van der Waals surface area contributed by atoms with E-state index in [-0.39, 0.29) is 6.67 Å². The Morgan fingerprint density at radius 2 is 2.08 bits per heavy atom. The monoisotopic (exact) mass is 181 g/mol. The first-order valence-corrected chi connectivity index (χ1v) is 4.61. The second-order valence-electron chi connectivity index (χ2n) is 3.22. The van der Waals surface area contributed by atoms with Crippen molar-refractivity contribution >= 4 is 5.69 Å². The Morgan fingerprint density at radius 1 is 1.31 bits per heavy atom. The Kier molecular flexibility index (Phi) is 3.74. The molecule has 1 N–H and O–H groups in total. The lowest BCUT2D eigenvalue weighted by Crippen LogP contribution is -2.04. The molecule has 0 aromatic heterocycles. The molecule has 1 aromatic rings. The van der Waals surface area contributed by atoms with Crippen LogP contribution in [0.1, 0.15) is 17.5 Å². The standard InChI is InChI=1S/C11H16FN/c1-9-5-3-6-11(10(9)2)13-8-4-7-12/h3,5-6,13H,4,7-8H2,1-2H3. The molecular formula is C11H16FN. The smallest absolute Gasteiger partial charge is 0.0911 e. The van der Waals surface area contributed by atoms with Gasteiger partial charge in [0.2, 0.25) is 0 Å². The molecule has 0 unspecified atom stereocenters. The van der Waals surface area contributed by atoms with Gasteiger partial charge in [0.25, 0.3) is 0 Å². The highest BCUT2D eigenvalue weighted by Crippen LogP contribution is 2.17. The molecule has 0 saturated carbocycles. The fourth-order valence-corrected chi connectivity index (χ4v) is 1.23. The van der Waals surface area contributed by atoms with Crippen molar-refractivity contribution in [2.75, 3.05) is 18.5 Å². The van der Waals surface area contributed by atoms with Gasteiger partial charge < -0.3 is 5.32 Å². The zero-order valence-electron chi connectivity index (χ0n) is 8.23. The van der Waals surface area contributed by atoms with Crippen molar-refractivity contribution in [1.82, 2.24) is 0 Å². The van der Waals surface area contributed by atoms with Crippen LogP contribution in [-0.4, -0.2) is 13.2 Å². The molecular weight excluding hydrogens is 165 g/mol. The van der Waals surface area contributed by atoms with E-state index in [1.54, 1.807) is 0 Å². The van der Waals surface area contributed by atoms with Crippen LogP contribution in [-0.2, 0) is 0 Å². The topological polar surface area (TPSA) is 12.0 Å². The van der Waals surface area contributed by atoms with Crippen molar-refractivity contribution in [3.63, 3.8) is 0 Å². The average Bonchev–Trinajstić information content (AvgIpc) is 2.13. The summed E-state index contributed by atoms with van der Waals surface area (Å²) in [6.07, 6.45) is 0.577. The Bertz CT molecular complexity index is 271. The van der Waals surface area contributed by atoms with Gasteiger partial charge in [0.15, 0.2) is 0 Å². The molecule has 0 atom stereocenters. The number of hydrogen-bond donors (Lipinski definition) is 1. The Hall–Kier alpha value is -1.05. The molecule has 2 heteroatoms. The molecule has 13 heavy (non-hydrogen) atoms. The van der Waals surface area contributed by atoms with E-state index in [4.69, 9.17) is 0 Å². The normalized spacial score (nSPS) is 10.1. The molecule has 1 nitrogen and oxygen atoms in total. The van der Waals surface area contributed by atoms with E-state index in [1.807, 2.05) is 12.1 Å². The Balaban J connectivity index is 2.61. The van der Waals surface area contributed by atoms with Gasteiger partial charge in [-0.05, 0) is 37.5 Å². The largest absolute Gasteiger partial charge is 0.385 e. The van der Waals surface area contributed by atoms with Crippen LogP contribution in [0.2, 0.25) is 0 Å². The third-order valence-electron chi connectivity index (χ3n) is 2.23. The number of anilines is 1. The van der Waals surface area contributed by atoms with Gasteiger partial charge in [-0.15, -0.1) is 0 Å². The van der Waals surface area contributed by atoms with Crippen molar-refractivity contribution in [1.29, 1.82) is 0 Å². The summed E-state index contributed by atoms with van der Waals surface area (Å²) in [6, 6.07) is 6.12. The summed E-state index contributed by atoms with van der Waals surface area (Å²) in [5.74, 6) is 0. The minimum Gasteiger partial charge on any atom is -0.385 e. The van der Waals surface area contributed by atoms with E-state index in [9.17, 15) is 4.39 Å². The number of alkyl halides is 1. The SMILES string of the molecule is Cc1cccc(NCCCF)c1C. The van der Waals surface area contributed by atoms with Gasteiger partial charge in [-0.3, -0.25) is 4.39 Å². The fourth-order valence-electron chi connectivity index (χ4n) is 1.23. The van der Waals surface area contributed by atoms with Crippen LogP contribution in [0.4, 0.5) is 10.1 Å². The summed E-state index contributed by atoms with van der Waals surface area (Å²) in [7, 11) is 0. The Labute approximate surface area is 79.0 Å². The molecule has 0 aliphatic carbocycles. The maximum Gasteiger partial charge on any atom is 0.0911 e. The van der Waals surface area contributed by atoms with Crippen LogP contribution in [0, 0.1) is 13.8 Å². The van der Waals surface area contributed by atoms with Crippen LogP contribution >= 0.6 is 0 Å². The first kappa shape index (κ1) is 10.0. The van der Waals surface area contributed by atoms with E-state index in [1.165, 1.54) is 11.1 Å². The molecule has 0 amide bonds. The summed E-state index contributed by atoms with van der Waals surface area (Å²) in [4.78, 5) is 0. The van der Waals surface area contributed by atoms with Crippen molar-refractivity contribution in [2.45, 2.75) is 20.3 Å². The highest BCUT2D eigenvalue weighted by atomic mass is 19.1. The Morgan fingerprint density at radius 3 is 2.77 bits per heavy atom. The summed E-state index contributed by atoms with van der Waals surface area (Å²) in [6.45, 7) is 4.61.